The van der Waals surface area contributed by atoms with Crippen molar-refractivity contribution in [2.75, 3.05) is 5.32 Å². The topological polar surface area (TPSA) is 57.8 Å². The number of hydrogen-bond donors (Lipinski definition) is 2. The number of carbonyl (C=O) groups is 1. The number of anilines is 1. The Morgan fingerprint density at radius 3 is 2.67 bits per heavy atom. The van der Waals surface area contributed by atoms with Crippen LogP contribution in [0.4, 0.5) is 5.82 Å². The van der Waals surface area contributed by atoms with E-state index in [0.717, 1.165) is 0 Å². The van der Waals surface area contributed by atoms with Crippen LogP contribution in [0.1, 0.15) is 0 Å². The maximum Gasteiger partial charge on any atom is 0.277 e. The van der Waals surface area contributed by atoms with Crippen LogP contribution in [0.2, 0.25) is 0 Å². The first-order valence-electron chi connectivity index (χ1n) is 2.87. The molecule has 0 atom stereocenters. The molecule has 0 bridgehead atoms. The van der Waals surface area contributed by atoms with Crippen molar-refractivity contribution in [2.45, 2.75) is 3.79 Å². The van der Waals surface area contributed by atoms with Gasteiger partial charge in [0.25, 0.3) is 9.70 Å². The van der Waals surface area contributed by atoms with Crippen LogP contribution in [-0.4, -0.2) is 19.9 Å². The number of rotatable bonds is 1. The smallest absolute Gasteiger partial charge is 0.277 e. The highest BCUT2D eigenvalue weighted by molar-refractivity contribution is 6.76. The Balaban J connectivity index is 2.60. The molecule has 0 fully saturated rings. The normalized spacial score (nSPS) is 11.2. The first-order valence-corrected chi connectivity index (χ1v) is 4.01. The molecule has 0 radical (unpaired) electrons. The number of H-pyrrole nitrogens is 1. The Morgan fingerprint density at radius 2 is 2.25 bits per heavy atom. The van der Waals surface area contributed by atoms with Gasteiger partial charge in [0.1, 0.15) is 5.82 Å². The molecule has 0 saturated carbocycles. The van der Waals surface area contributed by atoms with Crippen molar-refractivity contribution >= 4 is 46.5 Å². The molecule has 0 aliphatic carbocycles. The molecular weight excluding hydrogens is 224 g/mol. The highest BCUT2D eigenvalue weighted by atomic mass is 35.6. The molecule has 0 aliphatic rings. The Morgan fingerprint density at radius 1 is 1.58 bits per heavy atom. The van der Waals surface area contributed by atoms with E-state index < -0.39 is 9.70 Å². The van der Waals surface area contributed by atoms with E-state index in [2.05, 4.69) is 15.5 Å². The summed E-state index contributed by atoms with van der Waals surface area (Å²) in [6, 6.07) is 1.54. The molecule has 1 aromatic heterocycles. The molecule has 0 aliphatic heterocycles. The van der Waals surface area contributed by atoms with Gasteiger partial charge in [-0.05, 0) is 0 Å². The monoisotopic (exact) mass is 227 g/mol. The molecule has 7 heteroatoms. The second-order valence-electron chi connectivity index (χ2n) is 1.92. The summed E-state index contributed by atoms with van der Waals surface area (Å²) >= 11 is 15.9. The van der Waals surface area contributed by atoms with Crippen molar-refractivity contribution in [1.82, 2.24) is 10.2 Å². The van der Waals surface area contributed by atoms with Crippen molar-refractivity contribution in [3.63, 3.8) is 0 Å². The number of nitrogens with one attached hydrogen (secondary N) is 2. The van der Waals surface area contributed by atoms with Crippen LogP contribution in [0.15, 0.2) is 12.3 Å². The minimum absolute atomic E-state index is 0.381. The average molecular weight is 228 g/mol. The third-order valence-corrected chi connectivity index (χ3v) is 1.52. The third-order valence-electron chi connectivity index (χ3n) is 1.01. The molecule has 1 rings (SSSR count). The fraction of sp³-hybridized carbons (Fsp3) is 0.200. The standard InChI is InChI=1S/C5H4Cl3N3O/c6-5(7,8)4(12)10-3-1-2-9-11-3/h1-2H,(H2,9,10,11,12). The first-order chi connectivity index (χ1) is 5.50. The van der Waals surface area contributed by atoms with Crippen molar-refractivity contribution in [3.05, 3.63) is 12.3 Å². The van der Waals surface area contributed by atoms with E-state index in [0.29, 0.717) is 5.82 Å². The predicted molar refractivity (Wildman–Crippen MR) is 47.5 cm³/mol. The number of hydrogen-bond acceptors (Lipinski definition) is 2. The molecule has 12 heavy (non-hydrogen) atoms. The summed E-state index contributed by atoms with van der Waals surface area (Å²) in [5.41, 5.74) is 0. The summed E-state index contributed by atoms with van der Waals surface area (Å²) in [5.74, 6) is -0.344. The number of halogens is 3. The van der Waals surface area contributed by atoms with Crippen LogP contribution in [0.5, 0.6) is 0 Å². The lowest BCUT2D eigenvalue weighted by atomic mass is 10.6. The van der Waals surface area contributed by atoms with Gasteiger partial charge in [-0.3, -0.25) is 9.89 Å². The minimum atomic E-state index is -1.95. The van der Waals surface area contributed by atoms with Gasteiger partial charge in [-0.1, -0.05) is 34.8 Å². The Bertz CT molecular complexity index is 266. The average Bonchev–Trinajstić information content (AvgIpc) is 2.37. The molecule has 0 unspecified atom stereocenters. The van der Waals surface area contributed by atoms with Crippen LogP contribution in [0.25, 0.3) is 0 Å². The van der Waals surface area contributed by atoms with Crippen LogP contribution in [0.3, 0.4) is 0 Å². The Kier molecular flexibility index (Phi) is 2.82. The summed E-state index contributed by atoms with van der Waals surface area (Å²) < 4.78 is -1.95. The van der Waals surface area contributed by atoms with E-state index in [1.165, 1.54) is 12.3 Å². The maximum absolute atomic E-state index is 11.0. The zero-order chi connectivity index (χ0) is 9.19. The second kappa shape index (κ2) is 3.51. The molecule has 1 aromatic rings. The van der Waals surface area contributed by atoms with E-state index in [9.17, 15) is 4.79 Å². The number of amides is 1. The fourth-order valence-corrected chi connectivity index (χ4v) is 0.660. The lowest BCUT2D eigenvalue weighted by Crippen LogP contribution is -2.27. The highest BCUT2D eigenvalue weighted by Gasteiger charge is 2.30. The summed E-state index contributed by atoms with van der Waals surface area (Å²) in [5, 5.41) is 8.38. The van der Waals surface area contributed by atoms with Crippen LogP contribution >= 0.6 is 34.8 Å². The van der Waals surface area contributed by atoms with Gasteiger partial charge >= 0.3 is 0 Å². The van der Waals surface area contributed by atoms with Gasteiger partial charge in [0.15, 0.2) is 0 Å². The molecule has 66 valence electrons. The molecule has 0 spiro atoms. The van der Waals surface area contributed by atoms with Crippen LogP contribution < -0.4 is 5.32 Å². The third kappa shape index (κ3) is 2.55. The Labute approximate surface area is 83.2 Å². The molecule has 2 N–H and O–H groups in total. The lowest BCUT2D eigenvalue weighted by Gasteiger charge is -2.08. The maximum atomic E-state index is 11.0. The van der Waals surface area contributed by atoms with E-state index in [4.69, 9.17) is 34.8 Å². The molecule has 4 nitrogen and oxygen atoms in total. The van der Waals surface area contributed by atoms with Gasteiger partial charge in [-0.25, -0.2) is 0 Å². The summed E-state index contributed by atoms with van der Waals surface area (Å²) in [6.07, 6.45) is 1.47. The van der Waals surface area contributed by atoms with Crippen molar-refractivity contribution in [2.24, 2.45) is 0 Å². The fourth-order valence-electron chi connectivity index (χ4n) is 0.519. The highest BCUT2D eigenvalue weighted by Crippen LogP contribution is 2.27. The van der Waals surface area contributed by atoms with Crippen LogP contribution in [0, 0.1) is 0 Å². The lowest BCUT2D eigenvalue weighted by molar-refractivity contribution is -0.115. The largest absolute Gasteiger partial charge is 0.307 e. The first kappa shape index (κ1) is 9.64. The van der Waals surface area contributed by atoms with Gasteiger partial charge < -0.3 is 5.32 Å². The number of carbonyl (C=O) groups excluding carboxylic acids is 1. The van der Waals surface area contributed by atoms with E-state index in [1.54, 1.807) is 0 Å². The quantitative estimate of drug-likeness (QED) is 0.719. The SMILES string of the molecule is O=C(Nc1ccn[nH]1)C(Cl)(Cl)Cl. The molecule has 0 aromatic carbocycles. The zero-order valence-corrected chi connectivity index (χ0v) is 7.91. The Hall–Kier alpha value is -0.450. The van der Waals surface area contributed by atoms with Gasteiger partial charge in [-0.2, -0.15) is 5.10 Å². The predicted octanol–water partition coefficient (Wildman–Crippen LogP) is 1.72. The van der Waals surface area contributed by atoms with E-state index in [-0.39, 0.29) is 0 Å². The number of aromatic amines is 1. The summed E-state index contributed by atoms with van der Waals surface area (Å²) in [6.45, 7) is 0. The van der Waals surface area contributed by atoms with Crippen molar-refractivity contribution in [1.29, 1.82) is 0 Å². The van der Waals surface area contributed by atoms with Crippen molar-refractivity contribution in [3.8, 4) is 0 Å². The van der Waals surface area contributed by atoms with Gasteiger partial charge in [0, 0.05) is 6.07 Å². The summed E-state index contributed by atoms with van der Waals surface area (Å²) in [4.78, 5) is 11.0. The molecule has 1 amide bonds. The molecular formula is C5H4Cl3N3O. The number of nitrogens with zero attached hydrogens (tertiary/aromatic N) is 1. The van der Waals surface area contributed by atoms with E-state index in [1.807, 2.05) is 0 Å². The molecule has 0 saturated heterocycles. The van der Waals surface area contributed by atoms with Gasteiger partial charge in [0.05, 0.1) is 6.20 Å². The van der Waals surface area contributed by atoms with Crippen molar-refractivity contribution < 1.29 is 4.79 Å². The van der Waals surface area contributed by atoms with Gasteiger partial charge in [-0.15, -0.1) is 0 Å². The molecule has 1 heterocycles. The van der Waals surface area contributed by atoms with E-state index >= 15 is 0 Å². The minimum Gasteiger partial charge on any atom is -0.307 e. The van der Waals surface area contributed by atoms with Gasteiger partial charge in [0.2, 0.25) is 0 Å². The summed E-state index contributed by atoms with van der Waals surface area (Å²) in [7, 11) is 0. The number of aromatic nitrogens is 2. The second-order valence-corrected chi connectivity index (χ2v) is 4.20. The zero-order valence-electron chi connectivity index (χ0n) is 5.64. The van der Waals surface area contributed by atoms with Crippen LogP contribution in [-0.2, 0) is 4.79 Å². The number of alkyl halides is 3.